The van der Waals surface area contributed by atoms with Crippen molar-refractivity contribution in [2.24, 2.45) is 5.92 Å². The van der Waals surface area contributed by atoms with Gasteiger partial charge in [-0.1, -0.05) is 25.5 Å². The number of aromatic nitrogens is 1. The van der Waals surface area contributed by atoms with Gasteiger partial charge in [0.1, 0.15) is 5.82 Å². The van der Waals surface area contributed by atoms with Crippen LogP contribution in [0.3, 0.4) is 0 Å². The summed E-state index contributed by atoms with van der Waals surface area (Å²) in [5.74, 6) is 1.25. The Labute approximate surface area is 132 Å². The van der Waals surface area contributed by atoms with Gasteiger partial charge in [-0.25, -0.2) is 4.39 Å². The first-order valence-electron chi connectivity index (χ1n) is 8.40. The monoisotopic (exact) mass is 297 g/mol. The van der Waals surface area contributed by atoms with Crippen LogP contribution in [-0.4, -0.2) is 4.98 Å². The van der Waals surface area contributed by atoms with Crippen molar-refractivity contribution in [3.8, 4) is 11.3 Å². The maximum absolute atomic E-state index is 14.5. The Kier molecular flexibility index (Phi) is 4.56. The van der Waals surface area contributed by atoms with Crippen LogP contribution in [0, 0.1) is 18.7 Å². The van der Waals surface area contributed by atoms with E-state index >= 15 is 0 Å². The van der Waals surface area contributed by atoms with Crippen LogP contribution in [0.15, 0.2) is 36.5 Å². The number of rotatable bonds is 3. The molecule has 0 amide bonds. The molecule has 0 unspecified atom stereocenters. The van der Waals surface area contributed by atoms with Crippen molar-refractivity contribution >= 4 is 0 Å². The van der Waals surface area contributed by atoms with Gasteiger partial charge in [-0.05, 0) is 73.8 Å². The van der Waals surface area contributed by atoms with E-state index in [1.54, 1.807) is 12.3 Å². The van der Waals surface area contributed by atoms with E-state index in [2.05, 4.69) is 18.0 Å². The highest BCUT2D eigenvalue weighted by molar-refractivity contribution is 5.60. The summed E-state index contributed by atoms with van der Waals surface area (Å²) in [4.78, 5) is 4.33. The molecule has 1 aromatic heterocycles. The van der Waals surface area contributed by atoms with E-state index in [-0.39, 0.29) is 5.82 Å². The maximum atomic E-state index is 14.5. The predicted octanol–water partition coefficient (Wildman–Crippen LogP) is 5.88. The minimum absolute atomic E-state index is 0.147. The highest BCUT2D eigenvalue weighted by Crippen LogP contribution is 2.37. The Balaban J connectivity index is 1.79. The lowest BCUT2D eigenvalue weighted by atomic mass is 9.77. The second-order valence-electron chi connectivity index (χ2n) is 6.59. The van der Waals surface area contributed by atoms with E-state index in [1.807, 2.05) is 25.1 Å². The minimum Gasteiger partial charge on any atom is -0.256 e. The van der Waals surface area contributed by atoms with Crippen molar-refractivity contribution in [1.82, 2.24) is 4.98 Å². The normalized spacial score (nSPS) is 21.8. The Morgan fingerprint density at radius 2 is 1.86 bits per heavy atom. The molecule has 0 aliphatic heterocycles. The summed E-state index contributed by atoms with van der Waals surface area (Å²) in [6, 6.07) is 9.58. The van der Waals surface area contributed by atoms with Crippen molar-refractivity contribution < 1.29 is 4.39 Å². The standard InChI is InChI=1S/C20H24FN/c1-3-15-5-7-16(8-6-15)17-9-10-18(19(21)12-17)20-11-4-14(2)13-22-20/h4,9-13,15-16H,3,5-8H2,1-2H3. The second-order valence-corrected chi connectivity index (χ2v) is 6.59. The molecular formula is C20H24FN. The lowest BCUT2D eigenvalue weighted by molar-refractivity contribution is 0.318. The summed E-state index contributed by atoms with van der Waals surface area (Å²) in [6.45, 7) is 4.26. The zero-order valence-electron chi connectivity index (χ0n) is 13.5. The molecule has 2 heteroatoms. The van der Waals surface area contributed by atoms with Crippen molar-refractivity contribution in [3.05, 3.63) is 53.5 Å². The summed E-state index contributed by atoms with van der Waals surface area (Å²) in [5.41, 5.74) is 3.56. The molecule has 0 spiro atoms. The zero-order chi connectivity index (χ0) is 15.5. The van der Waals surface area contributed by atoms with E-state index in [4.69, 9.17) is 0 Å². The fourth-order valence-electron chi connectivity index (χ4n) is 3.52. The molecule has 0 radical (unpaired) electrons. The van der Waals surface area contributed by atoms with Crippen molar-refractivity contribution in [3.63, 3.8) is 0 Å². The summed E-state index contributed by atoms with van der Waals surface area (Å²) < 4.78 is 14.5. The van der Waals surface area contributed by atoms with Crippen LogP contribution in [0.5, 0.6) is 0 Å². The van der Waals surface area contributed by atoms with Crippen molar-refractivity contribution in [2.45, 2.75) is 51.9 Å². The molecule has 1 heterocycles. The van der Waals surface area contributed by atoms with Gasteiger partial charge in [0.05, 0.1) is 5.69 Å². The van der Waals surface area contributed by atoms with E-state index in [1.165, 1.54) is 32.1 Å². The van der Waals surface area contributed by atoms with Gasteiger partial charge in [0, 0.05) is 11.8 Å². The van der Waals surface area contributed by atoms with E-state index in [0.717, 1.165) is 17.0 Å². The van der Waals surface area contributed by atoms with Gasteiger partial charge in [-0.15, -0.1) is 0 Å². The summed E-state index contributed by atoms with van der Waals surface area (Å²) in [5, 5.41) is 0. The van der Waals surface area contributed by atoms with E-state index in [0.29, 0.717) is 17.2 Å². The van der Waals surface area contributed by atoms with Gasteiger partial charge in [0.2, 0.25) is 0 Å². The smallest absolute Gasteiger partial charge is 0.132 e. The van der Waals surface area contributed by atoms with Crippen LogP contribution in [0.4, 0.5) is 4.39 Å². The lowest BCUT2D eigenvalue weighted by Gasteiger charge is -2.28. The number of benzene rings is 1. The molecule has 22 heavy (non-hydrogen) atoms. The average Bonchev–Trinajstić information content (AvgIpc) is 2.56. The van der Waals surface area contributed by atoms with Crippen LogP contribution in [0.2, 0.25) is 0 Å². The van der Waals surface area contributed by atoms with Crippen molar-refractivity contribution in [2.75, 3.05) is 0 Å². The average molecular weight is 297 g/mol. The fraction of sp³-hybridized carbons (Fsp3) is 0.450. The van der Waals surface area contributed by atoms with E-state index < -0.39 is 0 Å². The van der Waals surface area contributed by atoms with Crippen LogP contribution >= 0.6 is 0 Å². The van der Waals surface area contributed by atoms with Crippen LogP contribution in [0.1, 0.15) is 56.1 Å². The fourth-order valence-corrected chi connectivity index (χ4v) is 3.52. The van der Waals surface area contributed by atoms with Crippen LogP contribution in [-0.2, 0) is 0 Å². The quantitative estimate of drug-likeness (QED) is 0.689. The third-order valence-corrected chi connectivity index (χ3v) is 5.08. The molecule has 1 fully saturated rings. The molecule has 0 atom stereocenters. The highest BCUT2D eigenvalue weighted by Gasteiger charge is 2.22. The SMILES string of the molecule is CCC1CCC(c2ccc(-c3ccc(C)cn3)c(F)c2)CC1. The first-order valence-corrected chi connectivity index (χ1v) is 8.40. The maximum Gasteiger partial charge on any atom is 0.132 e. The van der Waals surface area contributed by atoms with Gasteiger partial charge >= 0.3 is 0 Å². The molecule has 2 aromatic rings. The first-order chi connectivity index (χ1) is 10.7. The molecule has 0 saturated heterocycles. The molecule has 0 N–H and O–H groups in total. The molecule has 1 nitrogen and oxygen atoms in total. The zero-order valence-corrected chi connectivity index (χ0v) is 13.5. The number of aryl methyl sites for hydroxylation is 1. The first kappa shape index (κ1) is 15.2. The minimum atomic E-state index is -0.147. The number of nitrogens with zero attached hydrogens (tertiary/aromatic N) is 1. The Morgan fingerprint density at radius 3 is 2.45 bits per heavy atom. The van der Waals surface area contributed by atoms with Crippen molar-refractivity contribution in [1.29, 1.82) is 0 Å². The number of hydrogen-bond donors (Lipinski definition) is 0. The van der Waals surface area contributed by atoms with Gasteiger partial charge in [-0.3, -0.25) is 4.98 Å². The third-order valence-electron chi connectivity index (χ3n) is 5.08. The summed E-state index contributed by atoms with van der Waals surface area (Å²) >= 11 is 0. The third kappa shape index (κ3) is 3.21. The summed E-state index contributed by atoms with van der Waals surface area (Å²) in [6.07, 6.45) is 8.02. The largest absolute Gasteiger partial charge is 0.256 e. The Bertz CT molecular complexity index is 625. The lowest BCUT2D eigenvalue weighted by Crippen LogP contribution is -2.12. The highest BCUT2D eigenvalue weighted by atomic mass is 19.1. The molecule has 1 aliphatic carbocycles. The number of halogens is 1. The second kappa shape index (κ2) is 6.60. The van der Waals surface area contributed by atoms with Gasteiger partial charge in [0.25, 0.3) is 0 Å². The molecule has 1 saturated carbocycles. The van der Waals surface area contributed by atoms with Crippen LogP contribution in [0.25, 0.3) is 11.3 Å². The molecule has 0 bridgehead atoms. The molecule has 1 aliphatic rings. The van der Waals surface area contributed by atoms with Gasteiger partial charge in [-0.2, -0.15) is 0 Å². The van der Waals surface area contributed by atoms with Gasteiger partial charge < -0.3 is 0 Å². The number of hydrogen-bond acceptors (Lipinski definition) is 1. The molecule has 3 rings (SSSR count). The topological polar surface area (TPSA) is 12.9 Å². The van der Waals surface area contributed by atoms with E-state index in [9.17, 15) is 4.39 Å². The molecule has 116 valence electrons. The Hall–Kier alpha value is -1.70. The number of pyridine rings is 1. The summed E-state index contributed by atoms with van der Waals surface area (Å²) in [7, 11) is 0. The van der Waals surface area contributed by atoms with Gasteiger partial charge in [0.15, 0.2) is 0 Å². The molecule has 1 aromatic carbocycles. The molecular weight excluding hydrogens is 273 g/mol. The Morgan fingerprint density at radius 1 is 1.09 bits per heavy atom. The van der Waals surface area contributed by atoms with Crippen LogP contribution < -0.4 is 0 Å². The predicted molar refractivity (Wildman–Crippen MR) is 89.4 cm³/mol.